The molecule has 0 radical (unpaired) electrons. The molecule has 0 spiro atoms. The first-order valence-electron chi connectivity index (χ1n) is 34.9. The van der Waals surface area contributed by atoms with Crippen LogP contribution in [-0.2, 0) is 6.42 Å². The number of anilines is 3. The van der Waals surface area contributed by atoms with E-state index in [2.05, 4.69) is 70.1 Å². The normalized spacial score (nSPS) is 21.0. The molecule has 24 heteroatoms. The standard InChI is InChI=1S/C35H40F2N6O3.C34H36ClF2N7O2S.2C2H6/c1-4-24-26(36)8-7-21-15-23(44)16-25(27(21)24)30-29(37)31-28-32(40-34(39-31)46-19-35-9-5-11-42(35)12-6-10-35)43-14-13-41(20(2)3)17-22(43)18-45-33(28)38-30;1-17(2)43-12-13-44-22(18(43)3)15-45-29-25-28(40-33(41-32(25)44)46-16-34-8-4-10-42(34)11-5-9-34)27(37)24(26(29)35)19-6-7-21(36)30-23(19)20(14-38)31(39)47-30;2*1-2/h7-8,15-16,20,22,44H,4-6,9-14,17-19H2,1-3H3;6-7,17-18,22H,4-5,8-13,15-16,39H2,1-3H3;2*1-2H3/t22-;18?,22-;;/m01../s1. The molecule has 4 aromatic carbocycles. The van der Waals surface area contributed by atoms with Crippen molar-refractivity contribution in [3.05, 3.63) is 75.8 Å². The van der Waals surface area contributed by atoms with Gasteiger partial charge in [0.15, 0.2) is 17.4 Å². The number of hydrogen-bond acceptors (Lipinski definition) is 19. The highest BCUT2D eigenvalue weighted by molar-refractivity contribution is 7.23. The Balaban J connectivity index is 0.000000167. The lowest BCUT2D eigenvalue weighted by Crippen LogP contribution is -2.62. The number of ether oxygens (including phenoxy) is 4. The van der Waals surface area contributed by atoms with Crippen LogP contribution in [0.2, 0.25) is 5.02 Å². The van der Waals surface area contributed by atoms with Gasteiger partial charge in [-0.3, -0.25) is 19.6 Å². The van der Waals surface area contributed by atoms with Gasteiger partial charge in [0, 0.05) is 67.4 Å². The summed E-state index contributed by atoms with van der Waals surface area (Å²) in [4.78, 5) is 38.3. The molecule has 8 aliphatic rings. The van der Waals surface area contributed by atoms with Crippen molar-refractivity contribution in [2.24, 2.45) is 0 Å². The number of aryl methyl sites for hydroxylation is 1. The van der Waals surface area contributed by atoms with E-state index in [4.69, 9.17) is 61.2 Å². The van der Waals surface area contributed by atoms with Gasteiger partial charge in [-0.15, -0.1) is 11.3 Å². The van der Waals surface area contributed by atoms with Gasteiger partial charge < -0.3 is 39.6 Å². The zero-order valence-electron chi connectivity index (χ0n) is 57.2. The molecule has 0 saturated carbocycles. The SMILES string of the molecule is CC.CC.CC(C)N1CCN2c3nc(OCC45CCCN4CCC5)nc4c(F)c(-c5ccc(F)c6sc(N)c(C#N)c56)c(Cl)c(c34)OC[C@@H]2C1C.CCc1c(F)ccc2cc(O)cc(-c3nc4c5c(nc(OCC67CCCN6CCC7)nc5c3F)N3CCN(C(C)C)C[C@H]3CO4)c12. The Morgan fingerprint density at radius 2 is 1.32 bits per heavy atom. The maximum absolute atomic E-state index is 17.2. The molecule has 97 heavy (non-hydrogen) atoms. The van der Waals surface area contributed by atoms with E-state index in [0.717, 1.165) is 109 Å². The van der Waals surface area contributed by atoms with E-state index in [1.165, 1.54) is 24.3 Å². The third-order valence-corrected chi connectivity index (χ3v) is 22.9. The number of pyridine rings is 1. The second kappa shape index (κ2) is 27.4. The monoisotopic (exact) mass is 1370 g/mol. The molecule has 16 rings (SSSR count). The topological polar surface area (TPSA) is 191 Å². The number of thiophene rings is 1. The van der Waals surface area contributed by atoms with Crippen molar-refractivity contribution in [3.63, 3.8) is 0 Å². The first-order chi connectivity index (χ1) is 46.9. The predicted octanol–water partition coefficient (Wildman–Crippen LogP) is 14.3. The van der Waals surface area contributed by atoms with Gasteiger partial charge in [-0.25, -0.2) is 22.5 Å². The van der Waals surface area contributed by atoms with Crippen molar-refractivity contribution < 1.29 is 41.6 Å². The minimum Gasteiger partial charge on any atom is -0.508 e. The van der Waals surface area contributed by atoms with E-state index in [1.54, 1.807) is 12.1 Å². The zero-order chi connectivity index (χ0) is 68.5. The van der Waals surface area contributed by atoms with Crippen molar-refractivity contribution in [1.82, 2.24) is 44.5 Å². The molecule has 4 aromatic heterocycles. The first-order valence-corrected chi connectivity index (χ1v) is 36.1. The first kappa shape index (κ1) is 68.2. The van der Waals surface area contributed by atoms with E-state index < -0.39 is 23.3 Å². The van der Waals surface area contributed by atoms with Crippen LogP contribution in [0.25, 0.3) is 65.0 Å². The number of benzene rings is 4. The van der Waals surface area contributed by atoms with Gasteiger partial charge in [-0.05, 0) is 165 Å². The van der Waals surface area contributed by atoms with Gasteiger partial charge in [-0.1, -0.05) is 58.4 Å². The lowest BCUT2D eigenvalue weighted by atomic mass is 9.94. The number of nitrogen functional groups attached to an aromatic ring is 1. The van der Waals surface area contributed by atoms with Crippen LogP contribution in [0.4, 0.5) is 34.2 Å². The fraction of sp³-hybridized carbons (Fsp3) is 0.534. The molecule has 1 unspecified atom stereocenters. The summed E-state index contributed by atoms with van der Waals surface area (Å²) in [6, 6.07) is 11.6. The number of piperazine rings is 2. The average molecular weight is 1370 g/mol. The van der Waals surface area contributed by atoms with E-state index in [9.17, 15) is 10.4 Å². The van der Waals surface area contributed by atoms with Gasteiger partial charge in [0.2, 0.25) is 5.88 Å². The molecule has 8 aliphatic heterocycles. The number of aromatic hydroxyl groups is 1. The summed E-state index contributed by atoms with van der Waals surface area (Å²) < 4.78 is 90.3. The number of phenols is 1. The highest BCUT2D eigenvalue weighted by atomic mass is 35.5. The van der Waals surface area contributed by atoms with Crippen molar-refractivity contribution >= 4 is 82.2 Å². The smallest absolute Gasteiger partial charge is 0.319 e. The Bertz CT molecular complexity index is 4360. The molecule has 516 valence electrons. The van der Waals surface area contributed by atoms with E-state index >= 15 is 17.6 Å². The number of aromatic nitrogens is 5. The third kappa shape index (κ3) is 11.7. The second-order valence-electron chi connectivity index (χ2n) is 27.0. The summed E-state index contributed by atoms with van der Waals surface area (Å²) in [7, 11) is 0. The van der Waals surface area contributed by atoms with Gasteiger partial charge in [0.05, 0.1) is 43.8 Å². The number of halogens is 5. The molecule has 0 bridgehead atoms. The summed E-state index contributed by atoms with van der Waals surface area (Å²) in [5, 5.41) is 22.9. The van der Waals surface area contributed by atoms with Crippen LogP contribution in [0, 0.1) is 34.6 Å². The molecule has 6 saturated heterocycles. The van der Waals surface area contributed by atoms with Gasteiger partial charge in [-0.2, -0.15) is 25.2 Å². The summed E-state index contributed by atoms with van der Waals surface area (Å²) in [5.41, 5.74) is 7.03. The maximum Gasteiger partial charge on any atom is 0.319 e. The number of nitrogens with two attached hydrogens (primary N) is 1. The molecule has 8 aromatic rings. The number of phenolic OH excluding ortho intramolecular Hbond substituents is 1. The molecule has 12 heterocycles. The quantitative estimate of drug-likeness (QED) is 0.116. The minimum atomic E-state index is -0.721. The molecule has 18 nitrogen and oxygen atoms in total. The fourth-order valence-electron chi connectivity index (χ4n) is 16.8. The summed E-state index contributed by atoms with van der Waals surface area (Å²) in [6.45, 7) is 30.2. The van der Waals surface area contributed by atoms with Crippen LogP contribution < -0.4 is 34.5 Å². The fourth-order valence-corrected chi connectivity index (χ4v) is 18.1. The van der Waals surface area contributed by atoms with Crippen molar-refractivity contribution in [1.29, 1.82) is 5.26 Å². The van der Waals surface area contributed by atoms with Crippen LogP contribution in [-0.4, -0.2) is 176 Å². The van der Waals surface area contributed by atoms with E-state index in [-0.39, 0.29) is 124 Å². The molecule has 0 aliphatic carbocycles. The Labute approximate surface area is 573 Å². The second-order valence-corrected chi connectivity index (χ2v) is 28.5. The van der Waals surface area contributed by atoms with Gasteiger partial charge >= 0.3 is 12.0 Å². The van der Waals surface area contributed by atoms with Crippen molar-refractivity contribution in [3.8, 4) is 57.9 Å². The molecule has 3 atom stereocenters. The summed E-state index contributed by atoms with van der Waals surface area (Å²) in [6.07, 6.45) is 9.11. The highest BCUT2D eigenvalue weighted by Gasteiger charge is 2.48. The lowest BCUT2D eigenvalue weighted by Gasteiger charge is -2.47. The number of hydrogen-bond donors (Lipinski definition) is 2. The van der Waals surface area contributed by atoms with Crippen molar-refractivity contribution in [2.45, 2.75) is 168 Å². The largest absolute Gasteiger partial charge is 0.508 e. The Morgan fingerprint density at radius 3 is 1.93 bits per heavy atom. The molecule has 0 amide bonds. The number of rotatable bonds is 11. The molecule has 3 N–H and O–H groups in total. The minimum absolute atomic E-state index is 0.00498. The van der Waals surface area contributed by atoms with Crippen LogP contribution >= 0.6 is 22.9 Å². The lowest BCUT2D eigenvalue weighted by molar-refractivity contribution is 0.0955. The highest BCUT2D eigenvalue weighted by Crippen LogP contribution is 2.53. The number of fused-ring (bicyclic) bond motifs is 8. The Morgan fingerprint density at radius 1 is 0.711 bits per heavy atom. The third-order valence-electron chi connectivity index (χ3n) is 21.5. The number of nitriles is 1. The molecule has 6 fully saturated rings. The van der Waals surface area contributed by atoms with Crippen LogP contribution in [0.3, 0.4) is 0 Å². The summed E-state index contributed by atoms with van der Waals surface area (Å²) in [5.74, 6) is -0.853. The summed E-state index contributed by atoms with van der Waals surface area (Å²) >= 11 is 8.07. The predicted molar refractivity (Wildman–Crippen MR) is 376 cm³/mol. The molecular formula is C73H88ClF4N13O5S. The zero-order valence-corrected chi connectivity index (χ0v) is 58.8. The van der Waals surface area contributed by atoms with E-state index in [1.807, 2.05) is 34.6 Å². The van der Waals surface area contributed by atoms with Gasteiger partial charge in [0.25, 0.3) is 0 Å². The van der Waals surface area contributed by atoms with Crippen molar-refractivity contribution in [2.75, 3.05) is 101 Å². The average Bonchev–Trinajstić information content (AvgIpc) is 1.72. The van der Waals surface area contributed by atoms with Crippen LogP contribution in [0.15, 0.2) is 36.4 Å². The number of nitrogens with zero attached hydrogens (tertiary/aromatic N) is 12. The Kier molecular flexibility index (Phi) is 19.3. The molecular weight excluding hydrogens is 1280 g/mol. The van der Waals surface area contributed by atoms with Crippen LogP contribution in [0.5, 0.6) is 29.4 Å². The van der Waals surface area contributed by atoms with Crippen LogP contribution in [0.1, 0.15) is 132 Å². The van der Waals surface area contributed by atoms with E-state index in [0.29, 0.717) is 90.2 Å². The Hall–Kier alpha value is -7.33. The maximum atomic E-state index is 17.2. The van der Waals surface area contributed by atoms with Gasteiger partial charge in [0.1, 0.15) is 88.6 Å².